The van der Waals surface area contributed by atoms with Gasteiger partial charge in [-0.2, -0.15) is 0 Å². The van der Waals surface area contributed by atoms with Crippen LogP contribution in [0.15, 0.2) is 89.0 Å². The van der Waals surface area contributed by atoms with Crippen LogP contribution in [0, 0.1) is 11.6 Å². The summed E-state index contributed by atoms with van der Waals surface area (Å²) in [5, 5.41) is 2.82. The Labute approximate surface area is 307 Å². The quantitative estimate of drug-likeness (QED) is 0.147. The first-order chi connectivity index (χ1) is 24.9. The molecule has 18 heteroatoms. The van der Waals surface area contributed by atoms with Gasteiger partial charge in [0.2, 0.25) is 0 Å². The van der Waals surface area contributed by atoms with Crippen LogP contribution in [0.25, 0.3) is 27.8 Å². The monoisotopic (exact) mass is 787 g/mol. The summed E-state index contributed by atoms with van der Waals surface area (Å²) < 4.78 is 93.6. The number of sulfone groups is 1. The normalized spacial score (nSPS) is 14.2. The number of anilines is 3. The molecule has 52 heavy (non-hydrogen) atoms. The molecule has 0 unspecified atom stereocenters. The third kappa shape index (κ3) is 7.14. The van der Waals surface area contributed by atoms with E-state index in [0.29, 0.717) is 42.6 Å². The second-order valence-corrected chi connectivity index (χ2v) is 16.3. The summed E-state index contributed by atoms with van der Waals surface area (Å²) in [4.78, 5) is 15.0. The summed E-state index contributed by atoms with van der Waals surface area (Å²) in [6.07, 6.45) is 3.13. The van der Waals surface area contributed by atoms with Crippen LogP contribution < -0.4 is 10.0 Å². The summed E-state index contributed by atoms with van der Waals surface area (Å²) in [6, 6.07) is 16.0. The number of sulfonamides is 1. The Balaban J connectivity index is 1.21. The van der Waals surface area contributed by atoms with Crippen molar-refractivity contribution in [1.29, 1.82) is 0 Å². The number of hydrogen-bond acceptors (Lipinski definition) is 10. The predicted molar refractivity (Wildman–Crippen MR) is 195 cm³/mol. The summed E-state index contributed by atoms with van der Waals surface area (Å²) >= 11 is 12.1. The van der Waals surface area contributed by atoms with E-state index in [4.69, 9.17) is 27.9 Å². The molecular weight excluding hydrogens is 759 g/mol. The number of rotatable bonds is 11. The SMILES string of the molecule is O=S(=O)(CCCN1CCOCC1)c1cn(-c2ccc3ncnc(Nc4c(F)ccc(NS(=O)(=O)c5cccc(Cl)c5Cl)c4F)c3n2)c2ccccc12. The minimum atomic E-state index is -4.45. The lowest BCUT2D eigenvalue weighted by Crippen LogP contribution is -2.37. The number of morpholine rings is 1. The van der Waals surface area contributed by atoms with Gasteiger partial charge in [-0.3, -0.25) is 14.2 Å². The van der Waals surface area contributed by atoms with E-state index in [1.807, 2.05) is 0 Å². The highest BCUT2D eigenvalue weighted by atomic mass is 35.5. The van der Waals surface area contributed by atoms with E-state index in [-0.39, 0.29) is 37.8 Å². The van der Waals surface area contributed by atoms with Crippen molar-refractivity contribution in [2.24, 2.45) is 0 Å². The number of nitrogens with one attached hydrogen (secondary N) is 2. The minimum Gasteiger partial charge on any atom is -0.379 e. The lowest BCUT2D eigenvalue weighted by molar-refractivity contribution is 0.0381. The summed E-state index contributed by atoms with van der Waals surface area (Å²) in [7, 11) is -8.15. The number of aromatic nitrogens is 4. The second-order valence-electron chi connectivity index (χ2n) is 11.8. The zero-order valence-corrected chi connectivity index (χ0v) is 30.2. The summed E-state index contributed by atoms with van der Waals surface area (Å²) in [5.74, 6) is -2.19. The van der Waals surface area contributed by atoms with Gasteiger partial charge in [-0.05, 0) is 55.4 Å². The van der Waals surface area contributed by atoms with Crippen LogP contribution in [0.1, 0.15) is 6.42 Å². The van der Waals surface area contributed by atoms with Crippen molar-refractivity contribution in [3.8, 4) is 5.82 Å². The summed E-state index contributed by atoms with van der Waals surface area (Å²) in [6.45, 7) is 3.40. The third-order valence-electron chi connectivity index (χ3n) is 8.50. The van der Waals surface area contributed by atoms with Gasteiger partial charge in [0.1, 0.15) is 34.1 Å². The first-order valence-electron chi connectivity index (χ1n) is 15.9. The number of pyridine rings is 1. The van der Waals surface area contributed by atoms with Crippen LogP contribution in [0.2, 0.25) is 10.0 Å². The van der Waals surface area contributed by atoms with E-state index in [0.717, 1.165) is 25.2 Å². The lowest BCUT2D eigenvalue weighted by atomic mass is 10.2. The maximum atomic E-state index is 15.9. The molecule has 0 aliphatic carbocycles. The van der Waals surface area contributed by atoms with Crippen LogP contribution in [-0.4, -0.2) is 79.9 Å². The van der Waals surface area contributed by atoms with E-state index in [9.17, 15) is 16.8 Å². The van der Waals surface area contributed by atoms with Crippen LogP contribution in [0.3, 0.4) is 0 Å². The van der Waals surface area contributed by atoms with Crippen molar-refractivity contribution in [2.45, 2.75) is 16.2 Å². The first-order valence-corrected chi connectivity index (χ1v) is 19.8. The van der Waals surface area contributed by atoms with E-state index in [1.54, 1.807) is 41.0 Å². The Kier molecular flexibility index (Phi) is 10.0. The highest BCUT2D eigenvalue weighted by Crippen LogP contribution is 2.35. The Morgan fingerprint density at radius 3 is 2.48 bits per heavy atom. The standard InChI is InChI=1S/C34H29Cl2F2N7O5S2/c35-22-6-3-8-27(30(22)36)52(48,49)43-24-10-9-23(37)32(31(24)38)42-34-33-25(39-20-40-34)11-12-29(41-33)45-19-28(21-5-1-2-7-26(21)45)51(46,47)18-4-13-44-14-16-50-17-15-44/h1-3,5-12,19-20,43H,4,13-18H2,(H,39,40,42). The van der Waals surface area contributed by atoms with Crippen LogP contribution in [0.5, 0.6) is 0 Å². The molecule has 0 saturated carbocycles. The average molecular weight is 789 g/mol. The molecule has 7 rings (SSSR count). The van der Waals surface area contributed by atoms with E-state index in [2.05, 4.69) is 29.9 Å². The van der Waals surface area contributed by atoms with Gasteiger partial charge in [-0.15, -0.1) is 0 Å². The highest BCUT2D eigenvalue weighted by Gasteiger charge is 2.25. The van der Waals surface area contributed by atoms with Gasteiger partial charge in [-0.25, -0.2) is 40.6 Å². The van der Waals surface area contributed by atoms with E-state index >= 15 is 8.78 Å². The number of nitrogens with zero attached hydrogens (tertiary/aromatic N) is 5. The minimum absolute atomic E-state index is 0.0285. The highest BCUT2D eigenvalue weighted by molar-refractivity contribution is 7.93. The van der Waals surface area contributed by atoms with Gasteiger partial charge < -0.3 is 10.1 Å². The van der Waals surface area contributed by atoms with Crippen molar-refractivity contribution in [2.75, 3.05) is 48.6 Å². The molecule has 1 fully saturated rings. The Morgan fingerprint density at radius 2 is 1.67 bits per heavy atom. The number of ether oxygens (including phenoxy) is 1. The molecule has 1 aliphatic heterocycles. The molecule has 3 aromatic heterocycles. The fourth-order valence-electron chi connectivity index (χ4n) is 5.91. The predicted octanol–water partition coefficient (Wildman–Crippen LogP) is 6.59. The molecule has 270 valence electrons. The number of para-hydroxylation sites is 1. The van der Waals surface area contributed by atoms with Gasteiger partial charge in [0.05, 0.1) is 50.6 Å². The fourth-order valence-corrected chi connectivity index (χ4v) is 9.23. The molecule has 0 atom stereocenters. The maximum absolute atomic E-state index is 15.9. The first kappa shape index (κ1) is 35.9. The van der Waals surface area contributed by atoms with Crippen LogP contribution >= 0.6 is 23.2 Å². The van der Waals surface area contributed by atoms with Gasteiger partial charge in [-0.1, -0.05) is 47.5 Å². The Bertz CT molecular complexity index is 2550. The smallest absolute Gasteiger partial charge is 0.263 e. The van der Waals surface area contributed by atoms with E-state index in [1.165, 1.54) is 30.7 Å². The number of benzene rings is 3. The lowest BCUT2D eigenvalue weighted by Gasteiger charge is -2.26. The van der Waals surface area contributed by atoms with Crippen molar-refractivity contribution >= 4 is 82.2 Å². The molecule has 6 aromatic rings. The number of fused-ring (bicyclic) bond motifs is 2. The topological polar surface area (TPSA) is 148 Å². The van der Waals surface area contributed by atoms with Crippen molar-refractivity contribution < 1.29 is 30.4 Å². The zero-order chi connectivity index (χ0) is 36.6. The average Bonchev–Trinajstić information content (AvgIpc) is 3.53. The molecule has 0 spiro atoms. The van der Waals surface area contributed by atoms with Crippen LogP contribution in [-0.2, 0) is 24.6 Å². The largest absolute Gasteiger partial charge is 0.379 e. The fraction of sp³-hybridized carbons (Fsp3) is 0.206. The van der Waals surface area contributed by atoms with Crippen molar-refractivity contribution in [3.05, 3.63) is 101 Å². The Morgan fingerprint density at radius 1 is 0.885 bits per heavy atom. The van der Waals surface area contributed by atoms with E-state index < -0.39 is 47.8 Å². The molecule has 12 nitrogen and oxygen atoms in total. The summed E-state index contributed by atoms with van der Waals surface area (Å²) in [5.41, 5.74) is -0.319. The number of halogens is 4. The van der Waals surface area contributed by atoms with Gasteiger partial charge in [0.25, 0.3) is 10.0 Å². The second kappa shape index (κ2) is 14.5. The van der Waals surface area contributed by atoms with Gasteiger partial charge in [0, 0.05) is 24.7 Å². The molecule has 0 radical (unpaired) electrons. The van der Waals surface area contributed by atoms with Gasteiger partial charge >= 0.3 is 0 Å². The molecule has 1 saturated heterocycles. The number of hydrogen-bond donors (Lipinski definition) is 2. The zero-order valence-electron chi connectivity index (χ0n) is 27.1. The van der Waals surface area contributed by atoms with Gasteiger partial charge in [0.15, 0.2) is 21.5 Å². The Hall–Kier alpha value is -4.45. The molecule has 4 heterocycles. The maximum Gasteiger partial charge on any atom is 0.263 e. The molecule has 0 bridgehead atoms. The molecular formula is C34H29Cl2F2N7O5S2. The van der Waals surface area contributed by atoms with Crippen molar-refractivity contribution in [3.63, 3.8) is 0 Å². The molecule has 0 amide bonds. The van der Waals surface area contributed by atoms with Crippen molar-refractivity contribution in [1.82, 2.24) is 24.4 Å². The van der Waals surface area contributed by atoms with Crippen LogP contribution in [0.4, 0.5) is 26.0 Å². The molecule has 1 aliphatic rings. The molecule has 2 N–H and O–H groups in total. The molecule has 3 aromatic carbocycles. The third-order valence-corrected chi connectivity index (χ3v) is 12.7.